The van der Waals surface area contributed by atoms with Gasteiger partial charge in [0.25, 0.3) is 0 Å². The van der Waals surface area contributed by atoms with Gasteiger partial charge >= 0.3 is 5.97 Å². The van der Waals surface area contributed by atoms with Gasteiger partial charge in [-0.1, -0.05) is 0 Å². The van der Waals surface area contributed by atoms with Gasteiger partial charge in [-0.25, -0.2) is 9.37 Å². The Bertz CT molecular complexity index is 638. The highest BCUT2D eigenvalue weighted by Crippen LogP contribution is 2.26. The molecule has 1 amide bonds. The first-order chi connectivity index (χ1) is 11.9. The van der Waals surface area contributed by atoms with Gasteiger partial charge < -0.3 is 9.64 Å². The molecule has 1 aromatic rings. The summed E-state index contributed by atoms with van der Waals surface area (Å²) in [6, 6.07) is 0.00640. The summed E-state index contributed by atoms with van der Waals surface area (Å²) >= 11 is 1.58. The fraction of sp³-hybridized carbons (Fsp3) is 0.706. The maximum absolute atomic E-state index is 14.0. The van der Waals surface area contributed by atoms with E-state index in [2.05, 4.69) is 9.88 Å². The molecule has 1 aromatic heterocycles. The second kappa shape index (κ2) is 7.78. The number of carbonyl (C=O) groups excluding carboxylic acids is 2. The van der Waals surface area contributed by atoms with Crippen molar-refractivity contribution >= 4 is 23.2 Å². The average molecular weight is 369 g/mol. The number of nitrogens with zero attached hydrogens (tertiary/aromatic N) is 3. The zero-order valence-electron chi connectivity index (χ0n) is 14.6. The Labute approximate surface area is 151 Å². The number of thiazole rings is 1. The summed E-state index contributed by atoms with van der Waals surface area (Å²) in [5.41, 5.74) is 2.80. The summed E-state index contributed by atoms with van der Waals surface area (Å²) in [5.74, 6) is -0.280. The molecule has 3 heterocycles. The zero-order chi connectivity index (χ0) is 18.0. The Morgan fingerprint density at radius 2 is 2.36 bits per heavy atom. The third-order valence-corrected chi connectivity index (χ3v) is 5.90. The van der Waals surface area contributed by atoms with Crippen LogP contribution in [0.5, 0.6) is 0 Å². The van der Waals surface area contributed by atoms with Gasteiger partial charge in [0.05, 0.1) is 24.2 Å². The Hall–Kier alpha value is -1.54. The van der Waals surface area contributed by atoms with Crippen LogP contribution in [-0.2, 0) is 20.9 Å². The fourth-order valence-electron chi connectivity index (χ4n) is 3.48. The van der Waals surface area contributed by atoms with Crippen LogP contribution in [0.1, 0.15) is 29.8 Å². The van der Waals surface area contributed by atoms with Gasteiger partial charge in [0.1, 0.15) is 6.17 Å². The van der Waals surface area contributed by atoms with Gasteiger partial charge in [-0.15, -0.1) is 11.3 Å². The Morgan fingerprint density at radius 1 is 1.56 bits per heavy atom. The monoisotopic (exact) mass is 369 g/mol. The molecule has 0 aliphatic carbocycles. The summed E-state index contributed by atoms with van der Waals surface area (Å²) in [7, 11) is 1.75. The van der Waals surface area contributed by atoms with Crippen molar-refractivity contribution in [3.8, 4) is 0 Å². The molecule has 25 heavy (non-hydrogen) atoms. The highest BCUT2D eigenvalue weighted by Gasteiger charge is 2.34. The van der Waals surface area contributed by atoms with Crippen LogP contribution in [0, 0.1) is 12.8 Å². The molecule has 0 radical (unpaired) electrons. The molecule has 2 aliphatic heterocycles. The Kier molecular flexibility index (Phi) is 5.68. The maximum atomic E-state index is 14.0. The predicted octanol–water partition coefficient (Wildman–Crippen LogP) is 1.78. The molecule has 2 fully saturated rings. The topological polar surface area (TPSA) is 62.7 Å². The predicted molar refractivity (Wildman–Crippen MR) is 91.9 cm³/mol. The number of esters is 1. The normalized spacial score (nSPS) is 26.8. The molecular weight excluding hydrogens is 345 g/mol. The molecule has 0 spiro atoms. The van der Waals surface area contributed by atoms with Crippen molar-refractivity contribution in [1.29, 1.82) is 0 Å². The van der Waals surface area contributed by atoms with Crippen LogP contribution in [0.25, 0.3) is 0 Å². The van der Waals surface area contributed by atoms with Crippen LogP contribution < -0.4 is 0 Å². The van der Waals surface area contributed by atoms with E-state index in [1.807, 2.05) is 12.4 Å². The van der Waals surface area contributed by atoms with E-state index >= 15 is 0 Å². The van der Waals surface area contributed by atoms with Crippen LogP contribution in [0.2, 0.25) is 0 Å². The average Bonchev–Trinajstić information content (AvgIpc) is 3.23. The van der Waals surface area contributed by atoms with Crippen LogP contribution in [0.15, 0.2) is 5.51 Å². The first-order valence-corrected chi connectivity index (χ1v) is 9.47. The molecule has 0 aromatic carbocycles. The van der Waals surface area contributed by atoms with Crippen molar-refractivity contribution in [2.75, 3.05) is 26.7 Å². The molecule has 2 aliphatic rings. The second-order valence-electron chi connectivity index (χ2n) is 7.01. The van der Waals surface area contributed by atoms with E-state index in [4.69, 9.17) is 4.74 Å². The number of halogens is 1. The third kappa shape index (κ3) is 4.55. The minimum atomic E-state index is -0.859. The number of amides is 1. The lowest BCUT2D eigenvalue weighted by Gasteiger charge is -2.28. The molecular formula is C17H24FN3O3S. The standard InChI is InChI=1S/C17H24FN3O3S/c1-11-15(25-10-19-11)8-21-6-13(18)5-14(21)7-20(2)16(22)3-12-4-17(23)24-9-12/h10,12-14H,3-9H2,1-2H3/t12-,13-,14-/m0/s1. The lowest BCUT2D eigenvalue weighted by molar-refractivity contribution is -0.138. The van der Waals surface area contributed by atoms with Gasteiger partial charge in [-0.05, 0) is 13.3 Å². The van der Waals surface area contributed by atoms with Crippen molar-refractivity contribution in [1.82, 2.24) is 14.8 Å². The number of alkyl halides is 1. The molecule has 8 heteroatoms. The highest BCUT2D eigenvalue weighted by molar-refractivity contribution is 7.09. The molecule has 2 saturated heterocycles. The molecule has 0 saturated carbocycles. The molecule has 0 bridgehead atoms. The number of cyclic esters (lactones) is 1. The molecule has 138 valence electrons. The van der Waals surface area contributed by atoms with Crippen LogP contribution >= 0.6 is 11.3 Å². The van der Waals surface area contributed by atoms with Gasteiger partial charge in [0.15, 0.2) is 0 Å². The lowest BCUT2D eigenvalue weighted by atomic mass is 10.0. The number of hydrogen-bond acceptors (Lipinski definition) is 6. The fourth-order valence-corrected chi connectivity index (χ4v) is 4.29. The molecule has 0 N–H and O–H groups in total. The number of hydrogen-bond donors (Lipinski definition) is 0. The summed E-state index contributed by atoms with van der Waals surface area (Å²) in [5, 5.41) is 0. The smallest absolute Gasteiger partial charge is 0.306 e. The highest BCUT2D eigenvalue weighted by atomic mass is 32.1. The van der Waals surface area contributed by atoms with E-state index in [9.17, 15) is 14.0 Å². The van der Waals surface area contributed by atoms with Gasteiger partial charge in [0.2, 0.25) is 5.91 Å². The van der Waals surface area contributed by atoms with Crippen molar-refractivity contribution in [3.05, 3.63) is 16.1 Å². The maximum Gasteiger partial charge on any atom is 0.306 e. The Balaban J connectivity index is 1.54. The SMILES string of the molecule is Cc1ncsc1CN1C[C@@H](F)C[C@H]1CN(C)C(=O)C[C@@H]1COC(=O)C1. The summed E-state index contributed by atoms with van der Waals surface area (Å²) in [4.78, 5) is 32.7. The van der Waals surface area contributed by atoms with Gasteiger partial charge in [0, 0.05) is 49.9 Å². The van der Waals surface area contributed by atoms with E-state index in [1.54, 1.807) is 23.3 Å². The number of rotatable bonds is 6. The van der Waals surface area contributed by atoms with E-state index in [-0.39, 0.29) is 23.8 Å². The largest absolute Gasteiger partial charge is 0.465 e. The number of carbonyl (C=O) groups is 2. The Morgan fingerprint density at radius 3 is 3.00 bits per heavy atom. The number of aromatic nitrogens is 1. The number of ether oxygens (including phenoxy) is 1. The van der Waals surface area contributed by atoms with Gasteiger partial charge in [-0.3, -0.25) is 14.5 Å². The van der Waals surface area contributed by atoms with E-state index in [1.165, 1.54) is 0 Å². The van der Waals surface area contributed by atoms with Crippen molar-refractivity contribution < 1.29 is 18.7 Å². The van der Waals surface area contributed by atoms with E-state index in [0.717, 1.165) is 10.6 Å². The molecule has 3 atom stereocenters. The van der Waals surface area contributed by atoms with Crippen LogP contribution in [0.3, 0.4) is 0 Å². The van der Waals surface area contributed by atoms with Crippen molar-refractivity contribution in [2.24, 2.45) is 5.92 Å². The van der Waals surface area contributed by atoms with Crippen LogP contribution in [0.4, 0.5) is 4.39 Å². The van der Waals surface area contributed by atoms with Crippen LogP contribution in [-0.4, -0.2) is 65.6 Å². The zero-order valence-corrected chi connectivity index (χ0v) is 15.4. The lowest BCUT2D eigenvalue weighted by Crippen LogP contribution is -2.41. The summed E-state index contributed by atoms with van der Waals surface area (Å²) in [6.45, 7) is 3.86. The molecule has 3 rings (SSSR count). The number of likely N-dealkylation sites (N-methyl/N-ethyl adjacent to an activating group) is 1. The minimum absolute atomic E-state index is 0.00640. The third-order valence-electron chi connectivity index (χ3n) is 4.98. The van der Waals surface area contributed by atoms with Crippen molar-refractivity contribution in [2.45, 2.75) is 44.9 Å². The first kappa shape index (κ1) is 18.3. The summed E-state index contributed by atoms with van der Waals surface area (Å²) in [6.07, 6.45) is 0.206. The second-order valence-corrected chi connectivity index (χ2v) is 7.95. The van der Waals surface area contributed by atoms with Crippen molar-refractivity contribution in [3.63, 3.8) is 0 Å². The first-order valence-electron chi connectivity index (χ1n) is 8.59. The molecule has 6 nitrogen and oxygen atoms in total. The number of likely N-dealkylation sites (tertiary alicyclic amines) is 1. The van der Waals surface area contributed by atoms with E-state index in [0.29, 0.717) is 45.5 Å². The number of aryl methyl sites for hydroxylation is 1. The quantitative estimate of drug-likeness (QED) is 0.715. The summed E-state index contributed by atoms with van der Waals surface area (Å²) < 4.78 is 18.9. The molecule has 0 unspecified atom stereocenters. The minimum Gasteiger partial charge on any atom is -0.465 e. The van der Waals surface area contributed by atoms with E-state index < -0.39 is 6.17 Å². The van der Waals surface area contributed by atoms with Gasteiger partial charge in [-0.2, -0.15) is 0 Å².